The highest BCUT2D eigenvalue weighted by atomic mass is 16.7. The molecule has 0 saturated carbocycles. The first-order valence-corrected chi connectivity index (χ1v) is 11.0. The minimum Gasteiger partial charge on any atom is -0.463 e. The zero-order valence-corrected chi connectivity index (χ0v) is 20.4. The molecule has 5 atom stereocenters. The van der Waals surface area contributed by atoms with Crippen LogP contribution in [0.4, 0.5) is 0 Å². The maximum atomic E-state index is 12.0. The Morgan fingerprint density at radius 3 is 2.08 bits per heavy atom. The molecule has 0 amide bonds. The van der Waals surface area contributed by atoms with Gasteiger partial charge < -0.3 is 28.4 Å². The Balaban J connectivity index is 2.03. The highest BCUT2D eigenvalue weighted by Gasteiger charge is 2.53. The van der Waals surface area contributed by atoms with Gasteiger partial charge in [-0.3, -0.25) is 24.3 Å². The second-order valence-corrected chi connectivity index (χ2v) is 7.93. The first kappa shape index (κ1) is 26.6. The monoisotopic (exact) mass is 505 g/mol. The number of aromatic amines is 1. The zero-order valence-electron chi connectivity index (χ0n) is 20.4. The largest absolute Gasteiger partial charge is 0.463 e. The van der Waals surface area contributed by atoms with Gasteiger partial charge in [0.15, 0.2) is 18.0 Å². The Labute approximate surface area is 206 Å². The van der Waals surface area contributed by atoms with E-state index in [2.05, 4.69) is 15.2 Å². The van der Waals surface area contributed by atoms with E-state index in [1.165, 1.54) is 6.92 Å². The topological polar surface area (TPSA) is 165 Å². The molecule has 0 unspecified atom stereocenters. The van der Waals surface area contributed by atoms with E-state index in [1.807, 2.05) is 0 Å². The van der Waals surface area contributed by atoms with Crippen LogP contribution in [0.15, 0.2) is 24.3 Å². The molecule has 0 aliphatic carbocycles. The van der Waals surface area contributed by atoms with E-state index >= 15 is 0 Å². The van der Waals surface area contributed by atoms with Crippen LogP contribution in [-0.2, 0) is 42.9 Å². The molecule has 0 bridgehead atoms. The molecule has 1 fully saturated rings. The van der Waals surface area contributed by atoms with Crippen LogP contribution in [0, 0.1) is 6.92 Å². The van der Waals surface area contributed by atoms with Crippen molar-refractivity contribution in [2.45, 2.75) is 65.3 Å². The number of aromatic nitrogens is 3. The molecule has 13 nitrogen and oxygen atoms in total. The fraction of sp³-hybridized carbons (Fsp3) is 0.478. The summed E-state index contributed by atoms with van der Waals surface area (Å²) in [5.41, 5.74) is 0.495. The maximum Gasteiger partial charge on any atom is 0.303 e. The molecule has 1 aromatic heterocycles. The first-order chi connectivity index (χ1) is 17.0. The minimum atomic E-state index is -1.37. The zero-order chi connectivity index (χ0) is 26.4. The standard InChI is InChI=1S/C23H27N3O10/c1-11-24-22(26-25-11)16-8-6-7-9-17(16)35-23-21(34-15(5)30)20(33-14(4)29)19(32-13(3)28)18(36-23)10-31-12(2)27/h6-9,18-21,23H,10H2,1-5H3,(H,24,25,26)/t18-,19-,20+,21-,23+/m1/s1. The van der Waals surface area contributed by atoms with Gasteiger partial charge in [-0.15, -0.1) is 0 Å². The van der Waals surface area contributed by atoms with Crippen molar-refractivity contribution in [3.63, 3.8) is 0 Å². The van der Waals surface area contributed by atoms with Crippen molar-refractivity contribution in [3.05, 3.63) is 30.1 Å². The summed E-state index contributed by atoms with van der Waals surface area (Å²) in [6.07, 6.45) is -6.47. The number of benzene rings is 1. The molecule has 3 rings (SSSR count). The number of hydrogen-bond acceptors (Lipinski definition) is 12. The second-order valence-electron chi connectivity index (χ2n) is 7.93. The van der Waals surface area contributed by atoms with Gasteiger partial charge in [0.1, 0.15) is 24.3 Å². The van der Waals surface area contributed by atoms with Gasteiger partial charge in [0.2, 0.25) is 12.4 Å². The van der Waals surface area contributed by atoms with Crippen molar-refractivity contribution >= 4 is 23.9 Å². The summed E-state index contributed by atoms with van der Waals surface area (Å²) in [6.45, 7) is 6.00. The summed E-state index contributed by atoms with van der Waals surface area (Å²) in [5.74, 6) is -1.63. The summed E-state index contributed by atoms with van der Waals surface area (Å²) < 4.78 is 33.3. The van der Waals surface area contributed by atoms with Crippen molar-refractivity contribution in [1.82, 2.24) is 15.2 Å². The third-order valence-corrected chi connectivity index (χ3v) is 4.92. The lowest BCUT2D eigenvalue weighted by molar-refractivity contribution is -0.288. The highest BCUT2D eigenvalue weighted by Crippen LogP contribution is 2.34. The molecule has 1 N–H and O–H groups in total. The van der Waals surface area contributed by atoms with Crippen LogP contribution in [0.3, 0.4) is 0 Å². The van der Waals surface area contributed by atoms with E-state index in [9.17, 15) is 19.2 Å². The van der Waals surface area contributed by atoms with Crippen LogP contribution in [-0.4, -0.2) is 76.4 Å². The van der Waals surface area contributed by atoms with Gasteiger partial charge >= 0.3 is 23.9 Å². The smallest absolute Gasteiger partial charge is 0.303 e. The fourth-order valence-corrected chi connectivity index (χ4v) is 3.63. The van der Waals surface area contributed by atoms with Crippen molar-refractivity contribution < 1.29 is 47.6 Å². The molecule has 0 spiro atoms. The number of aryl methyl sites for hydroxylation is 1. The van der Waals surface area contributed by atoms with Crippen molar-refractivity contribution in [3.8, 4) is 17.1 Å². The number of H-pyrrole nitrogens is 1. The Morgan fingerprint density at radius 1 is 0.889 bits per heavy atom. The average molecular weight is 505 g/mol. The van der Waals surface area contributed by atoms with Gasteiger partial charge in [0.05, 0.1) is 5.56 Å². The van der Waals surface area contributed by atoms with Gasteiger partial charge in [-0.05, 0) is 19.1 Å². The average Bonchev–Trinajstić information content (AvgIpc) is 3.22. The predicted octanol–water partition coefficient (Wildman–Crippen LogP) is 1.24. The molecular weight excluding hydrogens is 478 g/mol. The summed E-state index contributed by atoms with van der Waals surface area (Å²) >= 11 is 0. The van der Waals surface area contributed by atoms with Gasteiger partial charge in [-0.1, -0.05) is 12.1 Å². The molecule has 1 saturated heterocycles. The Morgan fingerprint density at radius 2 is 1.50 bits per heavy atom. The highest BCUT2D eigenvalue weighted by molar-refractivity contribution is 5.69. The summed E-state index contributed by atoms with van der Waals surface area (Å²) in [5, 5.41) is 6.89. The number of nitrogens with one attached hydrogen (secondary N) is 1. The molecule has 2 aromatic rings. The van der Waals surface area contributed by atoms with E-state index < -0.39 is 54.6 Å². The Bertz CT molecular complexity index is 1120. The van der Waals surface area contributed by atoms with Crippen LogP contribution >= 0.6 is 0 Å². The minimum absolute atomic E-state index is 0.261. The molecule has 36 heavy (non-hydrogen) atoms. The van der Waals surface area contributed by atoms with E-state index in [0.29, 0.717) is 17.2 Å². The molecule has 1 aromatic carbocycles. The van der Waals surface area contributed by atoms with Gasteiger partial charge in [0.25, 0.3) is 0 Å². The molecule has 194 valence electrons. The SMILES string of the molecule is CC(=O)OC[C@H]1O[C@H](Oc2ccccc2-c2n[nH]c(C)n2)[C@H](OC(C)=O)[C@@H](OC(C)=O)[C@@H]1OC(C)=O. The van der Waals surface area contributed by atoms with Crippen LogP contribution in [0.2, 0.25) is 0 Å². The van der Waals surface area contributed by atoms with E-state index in [-0.39, 0.29) is 12.4 Å². The van der Waals surface area contributed by atoms with Crippen LogP contribution in [0.5, 0.6) is 5.75 Å². The van der Waals surface area contributed by atoms with E-state index in [0.717, 1.165) is 20.8 Å². The first-order valence-electron chi connectivity index (χ1n) is 11.0. The number of hydrogen-bond donors (Lipinski definition) is 1. The van der Waals surface area contributed by atoms with Gasteiger partial charge in [-0.25, -0.2) is 4.98 Å². The molecule has 2 heterocycles. The summed E-state index contributed by atoms with van der Waals surface area (Å²) in [7, 11) is 0. The van der Waals surface area contributed by atoms with Crippen LogP contribution in [0.1, 0.15) is 33.5 Å². The molecule has 1 aliphatic rings. The Hall–Kier alpha value is -4.00. The quantitative estimate of drug-likeness (QED) is 0.403. The predicted molar refractivity (Wildman–Crippen MR) is 119 cm³/mol. The molecule has 0 radical (unpaired) electrons. The second kappa shape index (κ2) is 11.6. The summed E-state index contributed by atoms with van der Waals surface area (Å²) in [4.78, 5) is 51.6. The Kier molecular flexibility index (Phi) is 8.59. The van der Waals surface area contributed by atoms with Crippen molar-refractivity contribution in [1.29, 1.82) is 0 Å². The normalized spacial score (nSPS) is 23.3. The number of carbonyl (C=O) groups is 4. The van der Waals surface area contributed by atoms with Crippen LogP contribution < -0.4 is 4.74 Å². The maximum absolute atomic E-state index is 12.0. The third-order valence-electron chi connectivity index (χ3n) is 4.92. The van der Waals surface area contributed by atoms with Crippen molar-refractivity contribution in [2.24, 2.45) is 0 Å². The molecule has 13 heteroatoms. The number of nitrogens with zero attached hydrogens (tertiary/aromatic N) is 2. The number of carbonyl (C=O) groups excluding carboxylic acids is 4. The van der Waals surface area contributed by atoms with Gasteiger partial charge in [-0.2, -0.15) is 5.10 Å². The van der Waals surface area contributed by atoms with Gasteiger partial charge in [0, 0.05) is 27.7 Å². The number of rotatable bonds is 8. The lowest BCUT2D eigenvalue weighted by Crippen LogP contribution is -2.63. The van der Waals surface area contributed by atoms with Crippen molar-refractivity contribution in [2.75, 3.05) is 6.61 Å². The van der Waals surface area contributed by atoms with E-state index in [1.54, 1.807) is 31.2 Å². The summed E-state index contributed by atoms with van der Waals surface area (Å²) in [6, 6.07) is 6.78. The molecule has 1 aliphatic heterocycles. The van der Waals surface area contributed by atoms with E-state index in [4.69, 9.17) is 28.4 Å². The number of para-hydroxylation sites is 1. The van der Waals surface area contributed by atoms with Crippen LogP contribution in [0.25, 0.3) is 11.4 Å². The third kappa shape index (κ3) is 6.78. The molecular formula is C23H27N3O10. The lowest BCUT2D eigenvalue weighted by atomic mass is 9.98. The number of esters is 4. The fourth-order valence-electron chi connectivity index (χ4n) is 3.63. The lowest BCUT2D eigenvalue weighted by Gasteiger charge is -2.44. The number of ether oxygens (including phenoxy) is 6.